The van der Waals surface area contributed by atoms with Crippen LogP contribution < -0.4 is 10.6 Å². The smallest absolute Gasteiger partial charge is 0.191 e. The van der Waals surface area contributed by atoms with E-state index >= 15 is 0 Å². The fourth-order valence-corrected chi connectivity index (χ4v) is 2.83. The van der Waals surface area contributed by atoms with E-state index in [4.69, 9.17) is 11.6 Å². The molecule has 0 aliphatic carbocycles. The molecule has 0 fully saturated rings. The summed E-state index contributed by atoms with van der Waals surface area (Å²) in [6, 6.07) is 7.76. The second kappa shape index (κ2) is 9.22. The van der Waals surface area contributed by atoms with Gasteiger partial charge in [-0.15, -0.1) is 34.2 Å². The van der Waals surface area contributed by atoms with Gasteiger partial charge in [0, 0.05) is 24.5 Å². The van der Waals surface area contributed by atoms with E-state index in [-0.39, 0.29) is 24.0 Å². The number of fused-ring (bicyclic) bond motifs is 1. The Hall–Kier alpha value is -1.35. The zero-order chi connectivity index (χ0) is 16.1. The lowest BCUT2D eigenvalue weighted by Crippen LogP contribution is -2.37. The van der Waals surface area contributed by atoms with E-state index in [1.165, 1.54) is 0 Å². The van der Waals surface area contributed by atoms with Gasteiger partial charge in [-0.3, -0.25) is 0 Å². The monoisotopic (exact) mass is 460 g/mol. The van der Waals surface area contributed by atoms with E-state index in [0.717, 1.165) is 54.1 Å². The summed E-state index contributed by atoms with van der Waals surface area (Å²) < 4.78 is 2.19. The highest BCUT2D eigenvalue weighted by atomic mass is 127. The zero-order valence-electron chi connectivity index (χ0n) is 13.6. The number of aromatic nitrogens is 3. The Bertz CT molecular complexity index is 700. The summed E-state index contributed by atoms with van der Waals surface area (Å²) in [4.78, 5) is 4.59. The number of halogens is 2. The zero-order valence-corrected chi connectivity index (χ0v) is 16.7. The molecular weight excluding hydrogens is 439 g/mol. The predicted molar refractivity (Wildman–Crippen MR) is 107 cm³/mol. The number of aliphatic imine (C=N–C) groups is 1. The Morgan fingerprint density at radius 1 is 1.29 bits per heavy atom. The Morgan fingerprint density at radius 2 is 2.12 bits per heavy atom. The predicted octanol–water partition coefficient (Wildman–Crippen LogP) is 2.75. The molecule has 1 aliphatic heterocycles. The SMILES string of the molecule is CCNC(=NCc1ccccc1Cl)NCc1nnc2n1CCC2.I. The molecule has 1 aromatic heterocycles. The summed E-state index contributed by atoms with van der Waals surface area (Å²) in [5, 5.41) is 15.8. The maximum absolute atomic E-state index is 6.18. The van der Waals surface area contributed by atoms with Gasteiger partial charge in [0.05, 0.1) is 13.1 Å². The summed E-state index contributed by atoms with van der Waals surface area (Å²) in [5.74, 6) is 2.79. The second-order valence-corrected chi connectivity index (χ2v) is 5.83. The van der Waals surface area contributed by atoms with Crippen LogP contribution in [0.2, 0.25) is 5.02 Å². The summed E-state index contributed by atoms with van der Waals surface area (Å²) in [5.41, 5.74) is 1.01. The molecule has 1 aromatic carbocycles. The Morgan fingerprint density at radius 3 is 2.92 bits per heavy atom. The molecule has 3 rings (SSSR count). The number of rotatable bonds is 5. The van der Waals surface area contributed by atoms with E-state index in [0.29, 0.717) is 13.1 Å². The summed E-state index contributed by atoms with van der Waals surface area (Å²) >= 11 is 6.18. The summed E-state index contributed by atoms with van der Waals surface area (Å²) in [6.45, 7) is 4.99. The van der Waals surface area contributed by atoms with E-state index < -0.39 is 0 Å². The third-order valence-electron chi connectivity index (χ3n) is 3.81. The van der Waals surface area contributed by atoms with Crippen molar-refractivity contribution in [2.24, 2.45) is 4.99 Å². The van der Waals surface area contributed by atoms with Gasteiger partial charge in [0.1, 0.15) is 5.82 Å². The highest BCUT2D eigenvalue weighted by Crippen LogP contribution is 2.16. The standard InChI is InChI=1S/C16H21ClN6.HI/c1-2-18-16(19-10-12-6-3-4-7-13(12)17)20-11-15-22-21-14-8-5-9-23(14)15;/h3-4,6-7H,2,5,8-11H2,1H3,(H2,18,19,20);1H. The molecule has 0 unspecified atom stereocenters. The fourth-order valence-electron chi connectivity index (χ4n) is 2.64. The van der Waals surface area contributed by atoms with Gasteiger partial charge < -0.3 is 15.2 Å². The van der Waals surface area contributed by atoms with Gasteiger partial charge >= 0.3 is 0 Å². The Balaban J connectivity index is 0.00000208. The second-order valence-electron chi connectivity index (χ2n) is 5.43. The Kier molecular flexibility index (Phi) is 7.29. The minimum Gasteiger partial charge on any atom is -0.357 e. The van der Waals surface area contributed by atoms with Gasteiger partial charge in [0.15, 0.2) is 11.8 Å². The van der Waals surface area contributed by atoms with Crippen molar-refractivity contribution in [3.63, 3.8) is 0 Å². The number of hydrogen-bond donors (Lipinski definition) is 2. The first kappa shape index (κ1) is 19.0. The molecule has 1 aliphatic rings. The maximum atomic E-state index is 6.18. The van der Waals surface area contributed by atoms with Crippen LogP contribution in [-0.4, -0.2) is 27.3 Å². The molecule has 2 N–H and O–H groups in total. The molecule has 130 valence electrons. The molecule has 2 aromatic rings. The lowest BCUT2D eigenvalue weighted by molar-refractivity contribution is 0.663. The highest BCUT2D eigenvalue weighted by molar-refractivity contribution is 14.0. The summed E-state index contributed by atoms with van der Waals surface area (Å²) in [6.07, 6.45) is 2.17. The van der Waals surface area contributed by atoms with E-state index in [2.05, 4.69) is 30.4 Å². The molecule has 8 heteroatoms. The minimum atomic E-state index is 0. The third-order valence-corrected chi connectivity index (χ3v) is 4.18. The van der Waals surface area contributed by atoms with Crippen LogP contribution in [0, 0.1) is 0 Å². The first-order valence-electron chi connectivity index (χ1n) is 7.94. The van der Waals surface area contributed by atoms with Gasteiger partial charge in [0.2, 0.25) is 0 Å². The molecule has 6 nitrogen and oxygen atoms in total. The van der Waals surface area contributed by atoms with E-state index in [9.17, 15) is 0 Å². The van der Waals surface area contributed by atoms with Crippen LogP contribution in [0.25, 0.3) is 0 Å². The normalized spacial score (nSPS) is 13.3. The first-order chi connectivity index (χ1) is 11.3. The van der Waals surface area contributed by atoms with Gasteiger partial charge in [0.25, 0.3) is 0 Å². The van der Waals surface area contributed by atoms with Crippen molar-refractivity contribution in [2.75, 3.05) is 6.54 Å². The maximum Gasteiger partial charge on any atom is 0.191 e. The van der Waals surface area contributed by atoms with Gasteiger partial charge in [-0.1, -0.05) is 29.8 Å². The van der Waals surface area contributed by atoms with Crippen LogP contribution in [-0.2, 0) is 26.1 Å². The molecule has 24 heavy (non-hydrogen) atoms. The lowest BCUT2D eigenvalue weighted by Gasteiger charge is -2.11. The average Bonchev–Trinajstić information content (AvgIpc) is 3.15. The number of benzene rings is 1. The average molecular weight is 461 g/mol. The van der Waals surface area contributed by atoms with Crippen molar-refractivity contribution in [3.05, 3.63) is 46.5 Å². The number of guanidine groups is 1. The number of nitrogens with zero attached hydrogens (tertiary/aromatic N) is 4. The van der Waals surface area contributed by atoms with Gasteiger partial charge in [-0.2, -0.15) is 0 Å². The fraction of sp³-hybridized carbons (Fsp3) is 0.438. The molecule has 0 spiro atoms. The van der Waals surface area contributed by atoms with Crippen LogP contribution in [0.15, 0.2) is 29.3 Å². The Labute approximate surface area is 164 Å². The molecule has 0 saturated heterocycles. The van der Waals surface area contributed by atoms with Crippen molar-refractivity contribution in [1.29, 1.82) is 0 Å². The van der Waals surface area contributed by atoms with Crippen LogP contribution in [0.1, 0.15) is 30.6 Å². The third kappa shape index (κ3) is 4.60. The van der Waals surface area contributed by atoms with Crippen LogP contribution in [0.4, 0.5) is 0 Å². The van der Waals surface area contributed by atoms with Crippen molar-refractivity contribution in [3.8, 4) is 0 Å². The number of nitrogens with one attached hydrogen (secondary N) is 2. The summed E-state index contributed by atoms with van der Waals surface area (Å²) in [7, 11) is 0. The van der Waals surface area contributed by atoms with Crippen LogP contribution in [0.3, 0.4) is 0 Å². The topological polar surface area (TPSA) is 67.1 Å². The molecule has 0 saturated carbocycles. The van der Waals surface area contributed by atoms with Crippen molar-refractivity contribution < 1.29 is 0 Å². The van der Waals surface area contributed by atoms with E-state index in [1.54, 1.807) is 0 Å². The van der Waals surface area contributed by atoms with Crippen molar-refractivity contribution >= 4 is 41.5 Å². The van der Waals surface area contributed by atoms with Gasteiger partial charge in [-0.05, 0) is 25.0 Å². The highest BCUT2D eigenvalue weighted by Gasteiger charge is 2.17. The quantitative estimate of drug-likeness (QED) is 0.409. The van der Waals surface area contributed by atoms with Crippen LogP contribution >= 0.6 is 35.6 Å². The van der Waals surface area contributed by atoms with Crippen LogP contribution in [0.5, 0.6) is 0 Å². The van der Waals surface area contributed by atoms with Crippen molar-refractivity contribution in [2.45, 2.75) is 39.4 Å². The number of aryl methyl sites for hydroxylation is 1. The van der Waals surface area contributed by atoms with E-state index in [1.807, 2.05) is 31.2 Å². The lowest BCUT2D eigenvalue weighted by atomic mass is 10.2. The van der Waals surface area contributed by atoms with Crippen molar-refractivity contribution in [1.82, 2.24) is 25.4 Å². The van der Waals surface area contributed by atoms with Gasteiger partial charge in [-0.25, -0.2) is 4.99 Å². The first-order valence-corrected chi connectivity index (χ1v) is 8.32. The molecular formula is C16H22ClIN6. The molecule has 0 amide bonds. The molecule has 0 radical (unpaired) electrons. The minimum absolute atomic E-state index is 0. The largest absolute Gasteiger partial charge is 0.357 e. The number of hydrogen-bond acceptors (Lipinski definition) is 3. The molecule has 2 heterocycles. The molecule has 0 atom stereocenters. The molecule has 0 bridgehead atoms.